The maximum absolute atomic E-state index is 12.9. The lowest BCUT2D eigenvalue weighted by Gasteiger charge is -2.01. The molecule has 0 spiro atoms. The maximum atomic E-state index is 12.9. The number of nitrogens with zero attached hydrogens (tertiary/aromatic N) is 3. The smallest absolute Gasteiger partial charge is 0.256 e. The number of benzene rings is 1. The Bertz CT molecular complexity index is 739. The fourth-order valence-corrected chi connectivity index (χ4v) is 2.49. The van der Waals surface area contributed by atoms with E-state index in [0.29, 0.717) is 22.7 Å². The number of rotatable bonds is 4. The van der Waals surface area contributed by atoms with Gasteiger partial charge in [-0.25, -0.2) is 9.37 Å². The molecule has 0 aliphatic carbocycles. The van der Waals surface area contributed by atoms with Crippen LogP contribution in [-0.4, -0.2) is 15.1 Å². The first-order valence-corrected chi connectivity index (χ1v) is 7.18. The molecule has 5 nitrogen and oxygen atoms in total. The van der Waals surface area contributed by atoms with Gasteiger partial charge in [-0.2, -0.15) is 4.98 Å². The average Bonchev–Trinajstić information content (AvgIpc) is 3.09. The second kappa shape index (κ2) is 5.69. The molecule has 2 aromatic heterocycles. The van der Waals surface area contributed by atoms with Crippen LogP contribution in [-0.2, 0) is 0 Å². The molecule has 0 fully saturated rings. The summed E-state index contributed by atoms with van der Waals surface area (Å²) in [5.74, 6) is 1.43. The summed E-state index contributed by atoms with van der Waals surface area (Å²) in [6.07, 6.45) is 1.61. The van der Waals surface area contributed by atoms with Gasteiger partial charge >= 0.3 is 0 Å². The maximum Gasteiger partial charge on any atom is 0.256 e. The lowest BCUT2D eigenvalue weighted by Crippen LogP contribution is -1.88. The summed E-state index contributed by atoms with van der Waals surface area (Å²) < 4.78 is 23.7. The first kappa shape index (κ1) is 13.8. The van der Waals surface area contributed by atoms with Crippen LogP contribution in [0.3, 0.4) is 0 Å². The summed E-state index contributed by atoms with van der Waals surface area (Å²) in [5.41, 5.74) is 0.775. The molecule has 0 saturated heterocycles. The number of aryl methyl sites for hydroxylation is 1. The van der Waals surface area contributed by atoms with Gasteiger partial charge in [0, 0.05) is 5.56 Å². The van der Waals surface area contributed by atoms with Gasteiger partial charge in [-0.15, -0.1) is 0 Å². The number of halogens is 1. The molecule has 0 N–H and O–H groups in total. The van der Waals surface area contributed by atoms with Crippen molar-refractivity contribution in [2.45, 2.75) is 24.3 Å². The molecule has 0 amide bonds. The van der Waals surface area contributed by atoms with E-state index < -0.39 is 0 Å². The molecule has 1 aromatic carbocycles. The summed E-state index contributed by atoms with van der Waals surface area (Å²) in [5, 5.41) is 4.19. The number of hydrogen-bond acceptors (Lipinski definition) is 6. The van der Waals surface area contributed by atoms with E-state index >= 15 is 0 Å². The van der Waals surface area contributed by atoms with Crippen molar-refractivity contribution in [2.75, 3.05) is 0 Å². The quantitative estimate of drug-likeness (QED) is 0.678. The summed E-state index contributed by atoms with van der Waals surface area (Å²) in [4.78, 5) is 8.37. The molecule has 2 heterocycles. The van der Waals surface area contributed by atoms with Gasteiger partial charge in [-0.1, -0.05) is 16.9 Å². The van der Waals surface area contributed by atoms with Gasteiger partial charge in [-0.05, 0) is 38.1 Å². The van der Waals surface area contributed by atoms with E-state index in [4.69, 9.17) is 8.94 Å². The topological polar surface area (TPSA) is 65.0 Å². The number of thioether (sulfide) groups is 1. The third kappa shape index (κ3) is 3.13. The van der Waals surface area contributed by atoms with Gasteiger partial charge in [0.25, 0.3) is 5.22 Å². The van der Waals surface area contributed by atoms with E-state index in [1.165, 1.54) is 23.9 Å². The van der Waals surface area contributed by atoms with Crippen LogP contribution >= 0.6 is 11.8 Å². The van der Waals surface area contributed by atoms with Crippen molar-refractivity contribution in [3.8, 4) is 11.3 Å². The largest absolute Gasteiger partial charge is 0.431 e. The van der Waals surface area contributed by atoms with Crippen LogP contribution in [0.1, 0.15) is 23.9 Å². The average molecular weight is 305 g/mol. The highest BCUT2D eigenvalue weighted by Crippen LogP contribution is 2.35. The fourth-order valence-electron chi connectivity index (χ4n) is 1.74. The van der Waals surface area contributed by atoms with Crippen LogP contribution in [0, 0.1) is 12.7 Å². The molecule has 0 radical (unpaired) electrons. The zero-order valence-corrected chi connectivity index (χ0v) is 12.2. The Balaban J connectivity index is 1.74. The first-order chi connectivity index (χ1) is 10.1. The number of oxazole rings is 1. The molecule has 0 saturated carbocycles. The molecule has 0 aliphatic heterocycles. The Morgan fingerprint density at radius 1 is 1.24 bits per heavy atom. The molecule has 21 heavy (non-hydrogen) atoms. The van der Waals surface area contributed by atoms with E-state index in [9.17, 15) is 4.39 Å². The zero-order valence-electron chi connectivity index (χ0n) is 11.4. The standard InChI is InChI=1S/C14H12FN3O2S/c1-8(13-17-9(2)18-20-13)21-14-16-7-12(19-14)10-3-5-11(15)6-4-10/h3-8H,1-2H3. The minimum atomic E-state index is -0.284. The molecular formula is C14H12FN3O2S. The summed E-state index contributed by atoms with van der Waals surface area (Å²) in [7, 11) is 0. The Morgan fingerprint density at radius 2 is 2.00 bits per heavy atom. The Hall–Kier alpha value is -2.15. The van der Waals surface area contributed by atoms with Gasteiger partial charge in [0.15, 0.2) is 11.6 Å². The molecule has 0 bridgehead atoms. The fraction of sp³-hybridized carbons (Fsp3) is 0.214. The van der Waals surface area contributed by atoms with E-state index in [1.54, 1.807) is 25.3 Å². The van der Waals surface area contributed by atoms with E-state index in [0.717, 1.165) is 5.56 Å². The van der Waals surface area contributed by atoms with Gasteiger partial charge in [0.05, 0.1) is 11.4 Å². The highest BCUT2D eigenvalue weighted by atomic mass is 32.2. The van der Waals surface area contributed by atoms with Crippen LogP contribution < -0.4 is 0 Å². The second-order valence-corrected chi connectivity index (χ2v) is 5.73. The lowest BCUT2D eigenvalue weighted by molar-refractivity contribution is 0.375. The van der Waals surface area contributed by atoms with E-state index in [-0.39, 0.29) is 11.1 Å². The summed E-state index contributed by atoms with van der Waals surface area (Å²) in [6, 6.07) is 6.06. The molecule has 1 atom stereocenters. The summed E-state index contributed by atoms with van der Waals surface area (Å²) >= 11 is 1.38. The predicted molar refractivity (Wildman–Crippen MR) is 75.2 cm³/mol. The monoisotopic (exact) mass is 305 g/mol. The van der Waals surface area contributed by atoms with Crippen LogP contribution in [0.4, 0.5) is 4.39 Å². The molecule has 0 aliphatic rings. The van der Waals surface area contributed by atoms with Crippen molar-refractivity contribution in [2.24, 2.45) is 0 Å². The van der Waals surface area contributed by atoms with Crippen molar-refractivity contribution < 1.29 is 13.3 Å². The highest BCUT2D eigenvalue weighted by Gasteiger charge is 2.17. The minimum Gasteiger partial charge on any atom is -0.431 e. The molecule has 3 rings (SSSR count). The van der Waals surface area contributed by atoms with Crippen molar-refractivity contribution in [3.63, 3.8) is 0 Å². The predicted octanol–water partition coefficient (Wildman–Crippen LogP) is 4.03. The van der Waals surface area contributed by atoms with Gasteiger partial charge in [0.2, 0.25) is 5.89 Å². The Kier molecular flexibility index (Phi) is 3.74. The first-order valence-electron chi connectivity index (χ1n) is 6.30. The molecule has 1 unspecified atom stereocenters. The molecular weight excluding hydrogens is 293 g/mol. The normalized spacial score (nSPS) is 12.5. The van der Waals surface area contributed by atoms with Crippen molar-refractivity contribution in [1.29, 1.82) is 0 Å². The van der Waals surface area contributed by atoms with Gasteiger partial charge < -0.3 is 8.94 Å². The number of hydrogen-bond donors (Lipinski definition) is 0. The Morgan fingerprint density at radius 3 is 2.67 bits per heavy atom. The van der Waals surface area contributed by atoms with Crippen LogP contribution in [0.25, 0.3) is 11.3 Å². The van der Waals surface area contributed by atoms with Crippen molar-refractivity contribution in [3.05, 3.63) is 48.0 Å². The number of aromatic nitrogens is 3. The third-order valence-electron chi connectivity index (χ3n) is 2.78. The van der Waals surface area contributed by atoms with Gasteiger partial charge in [-0.3, -0.25) is 0 Å². The van der Waals surface area contributed by atoms with Crippen LogP contribution in [0.2, 0.25) is 0 Å². The highest BCUT2D eigenvalue weighted by molar-refractivity contribution is 7.99. The SMILES string of the molecule is Cc1noc(C(C)Sc2ncc(-c3ccc(F)cc3)o2)n1. The summed E-state index contributed by atoms with van der Waals surface area (Å²) in [6.45, 7) is 3.70. The van der Waals surface area contributed by atoms with E-state index in [2.05, 4.69) is 15.1 Å². The van der Waals surface area contributed by atoms with E-state index in [1.807, 2.05) is 6.92 Å². The van der Waals surface area contributed by atoms with Crippen molar-refractivity contribution >= 4 is 11.8 Å². The van der Waals surface area contributed by atoms with Crippen LogP contribution in [0.5, 0.6) is 0 Å². The van der Waals surface area contributed by atoms with Crippen LogP contribution in [0.15, 0.2) is 44.6 Å². The third-order valence-corrected chi connectivity index (χ3v) is 3.73. The minimum absolute atomic E-state index is 0.0640. The second-order valence-electron chi connectivity index (χ2n) is 4.44. The lowest BCUT2D eigenvalue weighted by atomic mass is 10.2. The zero-order chi connectivity index (χ0) is 14.8. The molecule has 7 heteroatoms. The Labute approximate surface area is 124 Å². The van der Waals surface area contributed by atoms with Gasteiger partial charge in [0.1, 0.15) is 5.82 Å². The molecule has 108 valence electrons. The van der Waals surface area contributed by atoms with Crippen molar-refractivity contribution in [1.82, 2.24) is 15.1 Å². The molecule has 3 aromatic rings.